The first kappa shape index (κ1) is 32.8. The van der Waals surface area contributed by atoms with E-state index in [1.54, 1.807) is 88.0 Å². The van der Waals surface area contributed by atoms with Crippen LogP contribution < -0.4 is 0 Å². The van der Waals surface area contributed by atoms with Gasteiger partial charge in [0.1, 0.15) is 0 Å². The Morgan fingerprint density at radius 3 is 1.56 bits per heavy atom. The summed E-state index contributed by atoms with van der Waals surface area (Å²) in [6.45, 7) is 39.6. The molecule has 8 nitrogen and oxygen atoms in total. The van der Waals surface area contributed by atoms with Gasteiger partial charge in [0.2, 0.25) is 5.69 Å². The number of benzene rings is 6. The van der Waals surface area contributed by atoms with Gasteiger partial charge >= 0.3 is 6.18 Å². The summed E-state index contributed by atoms with van der Waals surface area (Å²) in [4.78, 5) is 18.3. The van der Waals surface area contributed by atoms with E-state index in [-0.39, 0.29) is 22.6 Å². The Hall–Kier alpha value is -8.35. The molecule has 0 saturated carbocycles. The van der Waals surface area contributed by atoms with Crippen LogP contribution in [0.3, 0.4) is 0 Å². The number of alkyl halides is 3. The summed E-state index contributed by atoms with van der Waals surface area (Å²) in [5.41, 5.74) is 1.93. The zero-order valence-electron chi connectivity index (χ0n) is 27.5. The Kier molecular flexibility index (Phi) is 7.39. The van der Waals surface area contributed by atoms with Crippen molar-refractivity contribution in [3.8, 4) is 28.6 Å². The summed E-state index contributed by atoms with van der Waals surface area (Å²) in [6.07, 6.45) is -4.87. The quantitative estimate of drug-likeness (QED) is 0.169. The molecule has 250 valence electrons. The third-order valence-electron chi connectivity index (χ3n) is 9.44. The van der Waals surface area contributed by atoms with Gasteiger partial charge in [0.25, 0.3) is 0 Å². The molecule has 0 saturated heterocycles. The fourth-order valence-corrected chi connectivity index (χ4v) is 7.23. The number of aromatic nitrogens is 2. The molecule has 11 heteroatoms. The van der Waals surface area contributed by atoms with E-state index in [1.165, 1.54) is 18.2 Å². The van der Waals surface area contributed by atoms with Gasteiger partial charge in [-0.1, -0.05) is 42.5 Å². The molecule has 54 heavy (non-hydrogen) atoms. The molecule has 0 N–H and O–H groups in total. The fraction of sp³-hybridized carbons (Fsp3) is 0.0233. The number of halogens is 3. The van der Waals surface area contributed by atoms with E-state index in [2.05, 4.69) is 30.3 Å². The van der Waals surface area contributed by atoms with E-state index >= 15 is 0 Å². The van der Waals surface area contributed by atoms with Crippen LogP contribution >= 0.6 is 0 Å². The minimum atomic E-state index is -4.87. The number of nitriles is 1. The van der Waals surface area contributed by atoms with Crippen LogP contribution in [0, 0.1) is 44.2 Å². The summed E-state index contributed by atoms with van der Waals surface area (Å²) in [5.74, 6) is 0. The molecular formula is C43H17F3N8. The first-order valence-corrected chi connectivity index (χ1v) is 16.0. The Morgan fingerprint density at radius 1 is 0.556 bits per heavy atom. The van der Waals surface area contributed by atoms with Crippen molar-refractivity contribution in [2.75, 3.05) is 0 Å². The summed E-state index contributed by atoms with van der Waals surface area (Å²) in [5, 5.41) is 12.1. The number of nitrogens with zero attached hydrogens (tertiary/aromatic N) is 8. The Labute approximate surface area is 305 Å². The topological polar surface area (TPSA) is 55.4 Å². The van der Waals surface area contributed by atoms with Crippen molar-refractivity contribution in [2.45, 2.75) is 6.18 Å². The smallest absolute Gasteiger partial charge is 0.319 e. The molecule has 2 heterocycles. The minimum Gasteiger partial charge on any atom is -0.319 e. The van der Waals surface area contributed by atoms with E-state index in [0.717, 1.165) is 6.07 Å². The molecule has 6 aromatic carbocycles. The van der Waals surface area contributed by atoms with Crippen LogP contribution in [0.1, 0.15) is 11.1 Å². The molecule has 0 unspecified atom stereocenters. The monoisotopic (exact) mass is 702 g/mol. The maximum absolute atomic E-state index is 14.9. The van der Waals surface area contributed by atoms with E-state index in [0.29, 0.717) is 71.9 Å². The average molecular weight is 703 g/mol. The molecule has 0 aliphatic carbocycles. The van der Waals surface area contributed by atoms with Crippen molar-refractivity contribution >= 4 is 72.0 Å². The van der Waals surface area contributed by atoms with Gasteiger partial charge in [0, 0.05) is 10.9 Å². The zero-order chi connectivity index (χ0) is 37.9. The molecule has 0 atom stereocenters. The van der Waals surface area contributed by atoms with Gasteiger partial charge in [-0.2, -0.15) is 18.4 Å². The predicted octanol–water partition coefficient (Wildman–Crippen LogP) is 13.2. The molecule has 0 bridgehead atoms. The van der Waals surface area contributed by atoms with E-state index in [9.17, 15) is 18.4 Å². The van der Waals surface area contributed by atoms with Gasteiger partial charge in [-0.15, -0.1) is 0 Å². The van der Waals surface area contributed by atoms with E-state index < -0.39 is 17.3 Å². The second-order valence-corrected chi connectivity index (χ2v) is 12.2. The van der Waals surface area contributed by atoms with Gasteiger partial charge in [0.05, 0.1) is 83.5 Å². The molecular weight excluding hydrogens is 686 g/mol. The first-order valence-electron chi connectivity index (χ1n) is 16.0. The molecule has 0 radical (unpaired) electrons. The third-order valence-corrected chi connectivity index (χ3v) is 9.44. The number of hydrogen-bond donors (Lipinski definition) is 0. The van der Waals surface area contributed by atoms with Crippen LogP contribution in [0.5, 0.6) is 0 Å². The van der Waals surface area contributed by atoms with E-state index in [1.807, 2.05) is 0 Å². The Morgan fingerprint density at radius 2 is 1.07 bits per heavy atom. The second-order valence-electron chi connectivity index (χ2n) is 12.2. The predicted molar refractivity (Wildman–Crippen MR) is 202 cm³/mol. The van der Waals surface area contributed by atoms with Crippen LogP contribution in [0.15, 0.2) is 103 Å². The van der Waals surface area contributed by atoms with Gasteiger partial charge in [0.15, 0.2) is 22.7 Å². The fourth-order valence-electron chi connectivity index (χ4n) is 7.23. The summed E-state index contributed by atoms with van der Waals surface area (Å²) in [7, 11) is 0. The zero-order valence-corrected chi connectivity index (χ0v) is 27.5. The molecule has 0 amide bonds. The van der Waals surface area contributed by atoms with Crippen LogP contribution in [0.4, 0.5) is 41.6 Å². The standard InChI is InChI=1S/C43H17F3N8/c1-48-25-10-15-36-30(20-25)29-19-24(23-47)9-14-35(29)53(36)39-18-13-28(40-33(43(44,45)46)7-6-8-34(40)51-4)42(41(39)52-5)54-37-16-11-26(49-2)21-31(37)32-22-27(50-3)12-17-38(32)54/h6-22H. The van der Waals surface area contributed by atoms with Crippen molar-refractivity contribution in [1.29, 1.82) is 5.26 Å². The lowest BCUT2D eigenvalue weighted by atomic mass is 9.94. The highest BCUT2D eigenvalue weighted by atomic mass is 19.4. The van der Waals surface area contributed by atoms with Crippen molar-refractivity contribution in [1.82, 2.24) is 9.13 Å². The highest BCUT2D eigenvalue weighted by Crippen LogP contribution is 2.51. The Balaban J connectivity index is 1.62. The molecule has 0 spiro atoms. The largest absolute Gasteiger partial charge is 0.415 e. The lowest BCUT2D eigenvalue weighted by Gasteiger charge is -2.23. The maximum atomic E-state index is 14.9. The highest BCUT2D eigenvalue weighted by molar-refractivity contribution is 6.14. The Bertz CT molecular complexity index is 3090. The first-order chi connectivity index (χ1) is 26.1. The second kappa shape index (κ2) is 12.2. The van der Waals surface area contributed by atoms with Crippen LogP contribution in [0.2, 0.25) is 0 Å². The molecule has 0 aliphatic heterocycles. The molecule has 8 rings (SSSR count). The number of fused-ring (bicyclic) bond motifs is 6. The normalized spacial score (nSPS) is 11.1. The van der Waals surface area contributed by atoms with E-state index in [4.69, 9.17) is 32.9 Å². The molecule has 8 aromatic rings. The summed E-state index contributed by atoms with van der Waals surface area (Å²) >= 11 is 0. The average Bonchev–Trinajstić information content (AvgIpc) is 3.70. The van der Waals surface area contributed by atoms with Crippen LogP contribution in [-0.2, 0) is 6.18 Å². The van der Waals surface area contributed by atoms with Crippen molar-refractivity contribution < 1.29 is 13.2 Å². The number of rotatable bonds is 3. The highest BCUT2D eigenvalue weighted by Gasteiger charge is 2.36. The van der Waals surface area contributed by atoms with Crippen molar-refractivity contribution in [2.24, 2.45) is 0 Å². The lowest BCUT2D eigenvalue weighted by molar-refractivity contribution is -0.137. The molecule has 0 aliphatic rings. The molecule has 0 fully saturated rings. The summed E-state index contributed by atoms with van der Waals surface area (Å²) < 4.78 is 48.1. The van der Waals surface area contributed by atoms with Crippen LogP contribution in [0.25, 0.3) is 90.3 Å². The summed E-state index contributed by atoms with van der Waals surface area (Å²) in [6, 6.07) is 28.4. The van der Waals surface area contributed by atoms with Crippen molar-refractivity contribution in [3.05, 3.63) is 171 Å². The maximum Gasteiger partial charge on any atom is 0.415 e. The number of hydrogen-bond acceptors (Lipinski definition) is 1. The van der Waals surface area contributed by atoms with Gasteiger partial charge in [-0.25, -0.2) is 24.2 Å². The molecule has 2 aromatic heterocycles. The third kappa shape index (κ3) is 4.80. The van der Waals surface area contributed by atoms with Gasteiger partial charge in [-0.05, 0) is 82.4 Å². The van der Waals surface area contributed by atoms with Gasteiger partial charge < -0.3 is 9.13 Å². The van der Waals surface area contributed by atoms with Gasteiger partial charge in [-0.3, -0.25) is 0 Å². The van der Waals surface area contributed by atoms with Crippen LogP contribution in [-0.4, -0.2) is 9.13 Å². The SMILES string of the molecule is [C-]#[N+]c1ccc2c(c1)c1cc(C#N)ccc1n2-c1ccc(-c2c([N+]#[C-])cccc2C(F)(F)F)c(-n2c3ccc([N+]#[C-])cc3c3cc([N+]#[C-])ccc32)c1[N+]#[C-]. The lowest BCUT2D eigenvalue weighted by Crippen LogP contribution is -2.09. The minimum absolute atomic E-state index is 0.0335. The van der Waals surface area contributed by atoms with Crippen molar-refractivity contribution in [3.63, 3.8) is 0 Å².